The summed E-state index contributed by atoms with van der Waals surface area (Å²) < 4.78 is 5.51. The lowest BCUT2D eigenvalue weighted by molar-refractivity contribution is -0.113. The van der Waals surface area contributed by atoms with Crippen LogP contribution in [-0.4, -0.2) is 47.6 Å². The van der Waals surface area contributed by atoms with Crippen molar-refractivity contribution in [3.05, 3.63) is 107 Å². The maximum Gasteiger partial charge on any atom is 0.338 e. The minimum Gasteiger partial charge on any atom is -0.462 e. The first-order valence-electron chi connectivity index (χ1n) is 12.6. The number of hydrogen-bond acceptors (Lipinski definition) is 8. The van der Waals surface area contributed by atoms with Gasteiger partial charge in [-0.2, -0.15) is 5.10 Å². The molecule has 7 nitrogen and oxygen atoms in total. The molecule has 198 valence electrons. The highest BCUT2D eigenvalue weighted by molar-refractivity contribution is 8.27. The van der Waals surface area contributed by atoms with E-state index < -0.39 is 5.97 Å². The average Bonchev–Trinajstić information content (AvgIpc) is 3.49. The van der Waals surface area contributed by atoms with Gasteiger partial charge in [-0.25, -0.2) is 4.79 Å². The number of nitrogens with zero attached hydrogens (tertiary/aromatic N) is 4. The molecule has 0 aliphatic carbocycles. The second kappa shape index (κ2) is 11.4. The van der Waals surface area contributed by atoms with Crippen molar-refractivity contribution in [2.75, 3.05) is 30.5 Å². The van der Waals surface area contributed by atoms with Gasteiger partial charge in [0.05, 0.1) is 34.5 Å². The highest BCUT2D eigenvalue weighted by atomic mass is 32.2. The molecular formula is C30H28N4O3S2. The molecule has 3 aromatic carbocycles. The van der Waals surface area contributed by atoms with Crippen molar-refractivity contribution in [3.8, 4) is 0 Å². The van der Waals surface area contributed by atoms with Crippen molar-refractivity contribution in [1.29, 1.82) is 0 Å². The normalized spacial score (nSPS) is 18.1. The minimum absolute atomic E-state index is 0.0768. The number of thiocarbonyl (C=S) groups is 1. The second-order valence-electron chi connectivity index (χ2n) is 9.27. The number of thioether (sulfide) groups is 1. The van der Waals surface area contributed by atoms with Crippen LogP contribution in [0.3, 0.4) is 0 Å². The fourth-order valence-corrected chi connectivity index (χ4v) is 5.77. The van der Waals surface area contributed by atoms with E-state index in [1.807, 2.05) is 49.4 Å². The molecule has 5 rings (SSSR count). The predicted molar refractivity (Wildman–Crippen MR) is 161 cm³/mol. The summed E-state index contributed by atoms with van der Waals surface area (Å²) in [5.74, 6) is -0.695. The fraction of sp³-hybridized carbons (Fsp3) is 0.200. The summed E-state index contributed by atoms with van der Waals surface area (Å²) >= 11 is 6.81. The Balaban J connectivity index is 1.47. The monoisotopic (exact) mass is 556 g/mol. The van der Waals surface area contributed by atoms with E-state index in [0.29, 0.717) is 26.9 Å². The molecule has 0 spiro atoms. The third-order valence-corrected chi connectivity index (χ3v) is 7.79. The van der Waals surface area contributed by atoms with E-state index in [-0.39, 0.29) is 18.6 Å². The Hall–Kier alpha value is -3.95. The number of benzene rings is 3. The number of hydrazone groups is 1. The maximum absolute atomic E-state index is 13.6. The van der Waals surface area contributed by atoms with Crippen LogP contribution in [-0.2, 0) is 9.53 Å². The summed E-state index contributed by atoms with van der Waals surface area (Å²) in [4.78, 5) is 29.8. The molecule has 2 heterocycles. The number of amides is 1. The maximum atomic E-state index is 13.6. The molecule has 2 aliphatic rings. The van der Waals surface area contributed by atoms with Gasteiger partial charge in [-0.15, -0.1) is 0 Å². The summed E-state index contributed by atoms with van der Waals surface area (Å²) in [6.07, 6.45) is 2.48. The first kappa shape index (κ1) is 26.6. The van der Waals surface area contributed by atoms with Crippen molar-refractivity contribution in [3.63, 3.8) is 0 Å². The lowest BCUT2D eigenvalue weighted by atomic mass is 9.98. The van der Waals surface area contributed by atoms with E-state index in [1.54, 1.807) is 37.4 Å². The van der Waals surface area contributed by atoms with E-state index >= 15 is 0 Å². The van der Waals surface area contributed by atoms with Crippen molar-refractivity contribution in [2.24, 2.45) is 5.10 Å². The van der Waals surface area contributed by atoms with Gasteiger partial charge in [0.1, 0.15) is 0 Å². The Morgan fingerprint density at radius 2 is 1.85 bits per heavy atom. The average molecular weight is 557 g/mol. The SMILES string of the molecule is CCOC(=O)c1cccc(N2C(=O)/C(=C/N3N=C(c4ccccc4)CC3c3ccc(N(C)C)cc3)SC2=S)c1. The van der Waals surface area contributed by atoms with Gasteiger partial charge in [0.15, 0.2) is 4.32 Å². The minimum atomic E-state index is -0.441. The smallest absolute Gasteiger partial charge is 0.338 e. The van der Waals surface area contributed by atoms with Gasteiger partial charge < -0.3 is 9.64 Å². The zero-order chi connectivity index (χ0) is 27.5. The molecule has 39 heavy (non-hydrogen) atoms. The molecule has 3 aromatic rings. The van der Waals surface area contributed by atoms with E-state index in [9.17, 15) is 9.59 Å². The number of carbonyl (C=O) groups is 2. The van der Waals surface area contributed by atoms with E-state index in [4.69, 9.17) is 22.1 Å². The van der Waals surface area contributed by atoms with Crippen LogP contribution in [0.1, 0.15) is 40.9 Å². The van der Waals surface area contributed by atoms with Crippen molar-refractivity contribution in [2.45, 2.75) is 19.4 Å². The van der Waals surface area contributed by atoms with Crippen molar-refractivity contribution in [1.82, 2.24) is 5.01 Å². The molecule has 0 radical (unpaired) electrons. The fourth-order valence-electron chi connectivity index (χ4n) is 4.50. The Labute approximate surface area is 237 Å². The van der Waals surface area contributed by atoms with E-state index in [2.05, 4.69) is 29.2 Å². The van der Waals surface area contributed by atoms with Crippen LogP contribution >= 0.6 is 24.0 Å². The first-order valence-corrected chi connectivity index (χ1v) is 13.8. The van der Waals surface area contributed by atoms with E-state index in [0.717, 1.165) is 22.5 Å². The molecule has 1 fully saturated rings. The van der Waals surface area contributed by atoms with Gasteiger partial charge in [0.25, 0.3) is 5.91 Å². The van der Waals surface area contributed by atoms with Crippen molar-refractivity contribution < 1.29 is 14.3 Å². The molecule has 0 N–H and O–H groups in total. The van der Waals surface area contributed by atoms with E-state index in [1.165, 1.54) is 16.7 Å². The first-order chi connectivity index (χ1) is 18.9. The number of esters is 1. The van der Waals surface area contributed by atoms with Gasteiger partial charge in [0.2, 0.25) is 0 Å². The summed E-state index contributed by atoms with van der Waals surface area (Å²) in [6.45, 7) is 2.02. The van der Waals surface area contributed by atoms with Crippen LogP contribution in [0.2, 0.25) is 0 Å². The van der Waals surface area contributed by atoms with Crippen LogP contribution in [0, 0.1) is 0 Å². The van der Waals surface area contributed by atoms with Gasteiger partial charge >= 0.3 is 5.97 Å². The van der Waals surface area contributed by atoms with Gasteiger partial charge in [-0.3, -0.25) is 14.7 Å². The van der Waals surface area contributed by atoms with Crippen LogP contribution in [0.25, 0.3) is 0 Å². The third kappa shape index (κ3) is 5.60. The van der Waals surface area contributed by atoms with Crippen LogP contribution in [0.4, 0.5) is 11.4 Å². The molecule has 0 bridgehead atoms. The summed E-state index contributed by atoms with van der Waals surface area (Å²) in [7, 11) is 4.02. The van der Waals surface area contributed by atoms with Crippen LogP contribution in [0.5, 0.6) is 0 Å². The molecule has 2 aliphatic heterocycles. The molecule has 1 saturated heterocycles. The summed E-state index contributed by atoms with van der Waals surface area (Å²) in [5, 5.41) is 6.80. The Morgan fingerprint density at radius 1 is 1.10 bits per heavy atom. The van der Waals surface area contributed by atoms with Gasteiger partial charge in [-0.05, 0) is 48.4 Å². The molecule has 1 atom stereocenters. The predicted octanol–water partition coefficient (Wildman–Crippen LogP) is 5.99. The Kier molecular flexibility index (Phi) is 7.81. The molecule has 1 unspecified atom stereocenters. The standard InChI is InChI=1S/C30H28N4O3S2/c1-4-37-29(36)22-11-8-12-24(17-22)34-28(35)27(39-30(34)38)19-33-26(21-13-15-23(16-14-21)32(2)3)18-25(31-33)20-9-6-5-7-10-20/h5-17,19,26H,4,18H2,1-3H3/b27-19-. The van der Waals surface area contributed by atoms with Crippen LogP contribution < -0.4 is 9.80 Å². The number of carbonyl (C=O) groups excluding carboxylic acids is 2. The lowest BCUT2D eigenvalue weighted by Crippen LogP contribution is -2.28. The molecule has 0 saturated carbocycles. The third-order valence-electron chi connectivity index (χ3n) is 6.50. The topological polar surface area (TPSA) is 65.5 Å². The van der Waals surface area contributed by atoms with Gasteiger partial charge in [-0.1, -0.05) is 72.5 Å². The second-order valence-corrected chi connectivity index (χ2v) is 10.9. The summed E-state index contributed by atoms with van der Waals surface area (Å²) in [5.41, 5.74) is 5.10. The molecule has 9 heteroatoms. The highest BCUT2D eigenvalue weighted by Gasteiger charge is 2.36. The number of anilines is 2. The highest BCUT2D eigenvalue weighted by Crippen LogP contribution is 2.39. The summed E-state index contributed by atoms with van der Waals surface area (Å²) in [6, 6.07) is 25.1. The quantitative estimate of drug-likeness (QED) is 0.201. The zero-order valence-electron chi connectivity index (χ0n) is 21.9. The zero-order valence-corrected chi connectivity index (χ0v) is 23.5. The Morgan fingerprint density at radius 3 is 2.54 bits per heavy atom. The molecular weight excluding hydrogens is 528 g/mol. The number of ether oxygens (including phenoxy) is 1. The van der Waals surface area contributed by atoms with Crippen molar-refractivity contribution >= 4 is 57.3 Å². The lowest BCUT2D eigenvalue weighted by Gasteiger charge is -2.22. The van der Waals surface area contributed by atoms with Crippen LogP contribution in [0.15, 0.2) is 95.1 Å². The Bertz CT molecular complexity index is 1470. The molecule has 0 aromatic heterocycles. The van der Waals surface area contributed by atoms with Gasteiger partial charge in [0, 0.05) is 32.4 Å². The number of hydrogen-bond donors (Lipinski definition) is 0. The largest absolute Gasteiger partial charge is 0.462 e. The molecule has 1 amide bonds. The number of rotatable bonds is 7.